The minimum atomic E-state index is -0.0658. The smallest absolute Gasteiger partial charge is 0.207 e. The molecule has 0 unspecified atom stereocenters. The number of nitrogens with one attached hydrogen (secondary N) is 1. The number of aromatic nitrogens is 1. The fraction of sp³-hybridized carbons (Fsp3) is 0.200. The van der Waals surface area contributed by atoms with E-state index >= 15 is 0 Å². The number of ether oxygens (including phenoxy) is 2. The first-order valence-corrected chi connectivity index (χ1v) is 7.30. The summed E-state index contributed by atoms with van der Waals surface area (Å²) in [5.74, 6) is 1.03. The minimum absolute atomic E-state index is 0.0500. The molecule has 1 aliphatic heterocycles. The predicted octanol–water partition coefficient (Wildman–Crippen LogP) is 2.99. The normalized spacial score (nSPS) is 12.7. The summed E-state index contributed by atoms with van der Waals surface area (Å²) < 4.78 is 10.8. The van der Waals surface area contributed by atoms with Crippen LogP contribution in [0.2, 0.25) is 0 Å². The van der Waals surface area contributed by atoms with E-state index in [1.54, 1.807) is 19.3 Å². The predicted molar refractivity (Wildman–Crippen MR) is 82.6 cm³/mol. The lowest BCUT2D eigenvalue weighted by atomic mass is 10.0. The van der Waals surface area contributed by atoms with Gasteiger partial charge >= 0.3 is 0 Å². The molecule has 0 bridgehead atoms. The fourth-order valence-electron chi connectivity index (χ4n) is 2.20. The van der Waals surface area contributed by atoms with E-state index in [0.717, 1.165) is 16.4 Å². The molecule has 2 heterocycles. The number of nitrogens with zero attached hydrogens (tertiary/aromatic N) is 1. The van der Waals surface area contributed by atoms with Gasteiger partial charge in [-0.05, 0) is 12.1 Å². The van der Waals surface area contributed by atoms with Crippen LogP contribution in [0.4, 0.5) is 5.13 Å². The molecule has 5 nitrogen and oxygen atoms in total. The van der Waals surface area contributed by atoms with Crippen molar-refractivity contribution in [2.24, 2.45) is 0 Å². The molecule has 0 saturated carbocycles. The first-order valence-electron chi connectivity index (χ1n) is 6.42. The van der Waals surface area contributed by atoms with Gasteiger partial charge in [-0.15, -0.1) is 17.9 Å². The number of thiazole rings is 1. The van der Waals surface area contributed by atoms with Crippen LogP contribution in [0.5, 0.6) is 11.5 Å². The van der Waals surface area contributed by atoms with Crippen LogP contribution in [0.25, 0.3) is 11.3 Å². The Bertz CT molecular complexity index is 709. The number of carbonyl (C=O) groups is 1. The lowest BCUT2D eigenvalue weighted by Gasteiger charge is -2.08. The van der Waals surface area contributed by atoms with Crippen molar-refractivity contribution in [1.82, 2.24) is 4.98 Å². The molecule has 1 aromatic heterocycles. The first-order chi connectivity index (χ1) is 10.2. The number of fused-ring (bicyclic) bond motifs is 1. The fourth-order valence-corrected chi connectivity index (χ4v) is 2.92. The molecular weight excluding hydrogens is 288 g/mol. The standard InChI is InChI=1S/C15H14N2O3S/c1-3-6-16-15-17-10(8-21-15)9-4-5-12(19-2)13-11(18)7-20-14(9)13/h3-5,8H,1,6-7H2,2H3,(H,16,17). The molecule has 0 spiro atoms. The average Bonchev–Trinajstić information content (AvgIpc) is 3.12. The van der Waals surface area contributed by atoms with Crippen molar-refractivity contribution in [1.29, 1.82) is 0 Å². The largest absolute Gasteiger partial charge is 0.496 e. The second-order valence-electron chi connectivity index (χ2n) is 4.44. The molecule has 2 aromatic rings. The summed E-state index contributed by atoms with van der Waals surface area (Å²) in [6.07, 6.45) is 1.77. The highest BCUT2D eigenvalue weighted by Gasteiger charge is 2.29. The molecule has 0 amide bonds. The van der Waals surface area contributed by atoms with Crippen LogP contribution < -0.4 is 14.8 Å². The van der Waals surface area contributed by atoms with E-state index in [0.29, 0.717) is 23.6 Å². The number of anilines is 1. The summed E-state index contributed by atoms with van der Waals surface area (Å²) in [6.45, 7) is 4.36. The Morgan fingerprint density at radius 1 is 1.57 bits per heavy atom. The van der Waals surface area contributed by atoms with Crippen molar-refractivity contribution in [3.8, 4) is 22.8 Å². The summed E-state index contributed by atoms with van der Waals surface area (Å²) in [5.41, 5.74) is 2.09. The number of ketones is 1. The third kappa shape index (κ3) is 2.38. The molecule has 0 fully saturated rings. The molecule has 3 rings (SSSR count). The van der Waals surface area contributed by atoms with Crippen LogP contribution in [0, 0.1) is 0 Å². The molecule has 6 heteroatoms. The summed E-state index contributed by atoms with van der Waals surface area (Å²) in [6, 6.07) is 3.64. The van der Waals surface area contributed by atoms with Crippen molar-refractivity contribution in [2.75, 3.05) is 25.6 Å². The molecule has 0 atom stereocenters. The number of hydrogen-bond donors (Lipinski definition) is 1. The third-order valence-corrected chi connectivity index (χ3v) is 3.94. The van der Waals surface area contributed by atoms with Gasteiger partial charge in [-0.3, -0.25) is 4.79 Å². The Balaban J connectivity index is 2.02. The number of benzene rings is 1. The van der Waals surface area contributed by atoms with Crippen LogP contribution in [-0.4, -0.2) is 31.0 Å². The maximum atomic E-state index is 11.9. The van der Waals surface area contributed by atoms with Crippen molar-refractivity contribution in [2.45, 2.75) is 0 Å². The molecule has 1 N–H and O–H groups in total. The number of carbonyl (C=O) groups excluding carboxylic acids is 1. The monoisotopic (exact) mass is 302 g/mol. The van der Waals surface area contributed by atoms with E-state index in [4.69, 9.17) is 9.47 Å². The van der Waals surface area contributed by atoms with Gasteiger partial charge in [-0.1, -0.05) is 6.08 Å². The van der Waals surface area contributed by atoms with Gasteiger partial charge in [0.1, 0.15) is 17.1 Å². The molecule has 108 valence electrons. The summed E-state index contributed by atoms with van der Waals surface area (Å²) in [4.78, 5) is 16.4. The molecule has 21 heavy (non-hydrogen) atoms. The lowest BCUT2D eigenvalue weighted by Crippen LogP contribution is -2.00. The molecule has 0 aliphatic carbocycles. The van der Waals surface area contributed by atoms with Gasteiger partial charge in [-0.2, -0.15) is 0 Å². The zero-order valence-corrected chi connectivity index (χ0v) is 12.3. The van der Waals surface area contributed by atoms with Crippen molar-refractivity contribution in [3.05, 3.63) is 35.7 Å². The zero-order valence-electron chi connectivity index (χ0n) is 11.5. The average molecular weight is 302 g/mol. The quantitative estimate of drug-likeness (QED) is 0.860. The van der Waals surface area contributed by atoms with Crippen LogP contribution >= 0.6 is 11.3 Å². The highest BCUT2D eigenvalue weighted by Crippen LogP contribution is 2.42. The van der Waals surface area contributed by atoms with Crippen molar-refractivity contribution < 1.29 is 14.3 Å². The van der Waals surface area contributed by atoms with Crippen LogP contribution in [0.15, 0.2) is 30.2 Å². The van der Waals surface area contributed by atoms with E-state index in [2.05, 4.69) is 16.9 Å². The molecular formula is C15H14N2O3S. The van der Waals surface area contributed by atoms with Crippen LogP contribution in [-0.2, 0) is 0 Å². The van der Waals surface area contributed by atoms with Crippen LogP contribution in [0.3, 0.4) is 0 Å². The number of rotatable bonds is 5. The van der Waals surface area contributed by atoms with E-state index in [1.807, 2.05) is 11.4 Å². The number of hydrogen-bond acceptors (Lipinski definition) is 6. The zero-order chi connectivity index (χ0) is 14.8. The van der Waals surface area contributed by atoms with Crippen molar-refractivity contribution >= 4 is 22.3 Å². The Morgan fingerprint density at radius 3 is 3.19 bits per heavy atom. The van der Waals surface area contributed by atoms with Gasteiger partial charge < -0.3 is 14.8 Å². The second kappa shape index (κ2) is 5.57. The Morgan fingerprint density at radius 2 is 2.43 bits per heavy atom. The van der Waals surface area contributed by atoms with Crippen LogP contribution in [0.1, 0.15) is 10.4 Å². The van der Waals surface area contributed by atoms with Gasteiger partial charge in [-0.25, -0.2) is 4.98 Å². The van der Waals surface area contributed by atoms with E-state index < -0.39 is 0 Å². The maximum Gasteiger partial charge on any atom is 0.207 e. The van der Waals surface area contributed by atoms with Gasteiger partial charge in [0.25, 0.3) is 0 Å². The summed E-state index contributed by atoms with van der Waals surface area (Å²) >= 11 is 1.50. The third-order valence-electron chi connectivity index (χ3n) is 3.14. The molecule has 0 radical (unpaired) electrons. The highest BCUT2D eigenvalue weighted by atomic mass is 32.1. The van der Waals surface area contributed by atoms with E-state index in [-0.39, 0.29) is 12.4 Å². The minimum Gasteiger partial charge on any atom is -0.496 e. The number of Topliss-reactive ketones (excluding diaryl/α,β-unsaturated/α-hetero) is 1. The lowest BCUT2D eigenvalue weighted by molar-refractivity contribution is 0.0959. The van der Waals surface area contributed by atoms with Crippen molar-refractivity contribution in [3.63, 3.8) is 0 Å². The molecule has 1 aromatic carbocycles. The molecule has 1 aliphatic rings. The highest BCUT2D eigenvalue weighted by molar-refractivity contribution is 7.14. The maximum absolute atomic E-state index is 11.9. The van der Waals surface area contributed by atoms with Gasteiger partial charge in [0.05, 0.1) is 12.8 Å². The van der Waals surface area contributed by atoms with E-state index in [9.17, 15) is 4.79 Å². The topological polar surface area (TPSA) is 60.5 Å². The van der Waals surface area contributed by atoms with E-state index in [1.165, 1.54) is 11.3 Å². The Kier molecular flexibility index (Phi) is 3.62. The van der Waals surface area contributed by atoms with Gasteiger partial charge in [0, 0.05) is 17.5 Å². The second-order valence-corrected chi connectivity index (χ2v) is 5.30. The molecule has 0 saturated heterocycles. The van der Waals surface area contributed by atoms with Gasteiger partial charge in [0.2, 0.25) is 5.78 Å². The summed E-state index contributed by atoms with van der Waals surface area (Å²) in [5, 5.41) is 5.88. The SMILES string of the molecule is C=CCNc1nc(-c2ccc(OC)c3c2OCC3=O)cs1. The Labute approximate surface area is 126 Å². The first kappa shape index (κ1) is 13.6. The Hall–Kier alpha value is -2.34. The number of methoxy groups -OCH3 is 1. The summed E-state index contributed by atoms with van der Waals surface area (Å²) in [7, 11) is 1.54. The van der Waals surface area contributed by atoms with Gasteiger partial charge in [0.15, 0.2) is 11.7 Å².